The van der Waals surface area contributed by atoms with Gasteiger partial charge in [-0.25, -0.2) is 0 Å². The van der Waals surface area contributed by atoms with Crippen LogP contribution >= 0.6 is 47.2 Å². The first-order chi connectivity index (χ1) is 11.9. The molecule has 0 bridgehead atoms. The van der Waals surface area contributed by atoms with Gasteiger partial charge in [-0.1, -0.05) is 53.2 Å². The highest BCUT2D eigenvalue weighted by molar-refractivity contribution is 8.27. The number of thiocarbonyl (C=S) groups is 1. The van der Waals surface area contributed by atoms with Crippen molar-refractivity contribution in [2.45, 2.75) is 0 Å². The number of thioether (sulfide) groups is 1. The topological polar surface area (TPSA) is 63.5 Å². The normalized spacial score (nSPS) is 15.9. The highest BCUT2D eigenvalue weighted by Gasteiger charge is 2.33. The first kappa shape index (κ1) is 17.9. The predicted molar refractivity (Wildman–Crippen MR) is 105 cm³/mol. The van der Waals surface area contributed by atoms with Gasteiger partial charge in [0, 0.05) is 27.7 Å². The van der Waals surface area contributed by atoms with E-state index in [2.05, 4.69) is 0 Å². The largest absolute Gasteiger partial charge is 0.270 e. The summed E-state index contributed by atoms with van der Waals surface area (Å²) in [5.74, 6) is -0.333. The van der Waals surface area contributed by atoms with Gasteiger partial charge in [0.2, 0.25) is 0 Å². The van der Waals surface area contributed by atoms with Crippen LogP contribution in [0.5, 0.6) is 0 Å². The van der Waals surface area contributed by atoms with Crippen molar-refractivity contribution in [1.29, 1.82) is 0 Å². The van der Waals surface area contributed by atoms with Gasteiger partial charge >= 0.3 is 0 Å². The summed E-state index contributed by atoms with van der Waals surface area (Å²) < 4.78 is 0.327. The third kappa shape index (κ3) is 3.55. The van der Waals surface area contributed by atoms with Crippen LogP contribution in [0.2, 0.25) is 10.0 Å². The van der Waals surface area contributed by atoms with Crippen LogP contribution in [0.1, 0.15) is 5.56 Å². The molecule has 0 N–H and O–H groups in total. The van der Waals surface area contributed by atoms with Crippen LogP contribution in [0.3, 0.4) is 0 Å². The zero-order valence-corrected chi connectivity index (χ0v) is 15.5. The molecule has 2 aromatic rings. The average molecular weight is 411 g/mol. The summed E-state index contributed by atoms with van der Waals surface area (Å²) >= 11 is 18.7. The average Bonchev–Trinajstić information content (AvgIpc) is 2.85. The van der Waals surface area contributed by atoms with E-state index in [-0.39, 0.29) is 11.6 Å². The Labute approximate surface area is 162 Å². The van der Waals surface area contributed by atoms with Crippen LogP contribution in [0.4, 0.5) is 11.4 Å². The third-order valence-electron chi connectivity index (χ3n) is 3.39. The lowest BCUT2D eigenvalue weighted by Gasteiger charge is -2.14. The molecular formula is C16H8Cl2N2O3S2. The van der Waals surface area contributed by atoms with Gasteiger partial charge in [-0.05, 0) is 30.3 Å². The lowest BCUT2D eigenvalue weighted by molar-refractivity contribution is -0.384. The first-order valence-corrected chi connectivity index (χ1v) is 8.83. The number of benzene rings is 2. The van der Waals surface area contributed by atoms with Crippen LogP contribution in [0, 0.1) is 10.1 Å². The SMILES string of the molecule is O=C1/C(=C/c2c(Cl)cccc2Cl)SC(=S)N1c1ccc([N+](=O)[O-])cc1. The van der Waals surface area contributed by atoms with E-state index in [1.807, 2.05) is 0 Å². The smallest absolute Gasteiger partial charge is 0.268 e. The molecule has 0 aromatic heterocycles. The Bertz CT molecular complexity index is 909. The second-order valence-electron chi connectivity index (χ2n) is 4.93. The van der Waals surface area contributed by atoms with Crippen LogP contribution in [-0.4, -0.2) is 15.2 Å². The summed E-state index contributed by atoms with van der Waals surface area (Å²) in [6.07, 6.45) is 1.59. The monoisotopic (exact) mass is 410 g/mol. The van der Waals surface area contributed by atoms with E-state index in [4.69, 9.17) is 35.4 Å². The van der Waals surface area contributed by atoms with Gasteiger partial charge in [-0.3, -0.25) is 19.8 Å². The Balaban J connectivity index is 1.95. The van der Waals surface area contributed by atoms with Crippen LogP contribution in [-0.2, 0) is 4.79 Å². The molecule has 3 rings (SSSR count). The standard InChI is InChI=1S/C16H8Cl2N2O3S2/c17-12-2-1-3-13(18)11(12)8-14-15(21)19(16(24)25-14)9-4-6-10(7-5-9)20(22)23/h1-8H/b14-8-. The van der Waals surface area contributed by atoms with E-state index in [1.165, 1.54) is 29.2 Å². The van der Waals surface area contributed by atoms with Crippen LogP contribution in [0.15, 0.2) is 47.4 Å². The Morgan fingerprint density at radius 3 is 2.28 bits per heavy atom. The van der Waals surface area contributed by atoms with Gasteiger partial charge in [0.25, 0.3) is 11.6 Å². The number of nitro benzene ring substituents is 1. The molecule has 0 saturated carbocycles. The predicted octanol–water partition coefficient (Wildman–Crippen LogP) is 5.31. The van der Waals surface area contributed by atoms with Gasteiger partial charge in [0.1, 0.15) is 0 Å². The Morgan fingerprint density at radius 1 is 1.12 bits per heavy atom. The number of non-ortho nitro benzene ring substituents is 1. The fraction of sp³-hybridized carbons (Fsp3) is 0. The molecule has 0 unspecified atom stereocenters. The Kier molecular flexibility index (Phi) is 5.10. The van der Waals surface area contributed by atoms with E-state index < -0.39 is 4.92 Å². The van der Waals surface area contributed by atoms with Crippen molar-refractivity contribution in [1.82, 2.24) is 0 Å². The van der Waals surface area contributed by atoms with Crippen molar-refractivity contribution in [3.8, 4) is 0 Å². The minimum atomic E-state index is -0.507. The molecule has 126 valence electrons. The molecule has 25 heavy (non-hydrogen) atoms. The van der Waals surface area contributed by atoms with Crippen molar-refractivity contribution in [3.05, 3.63) is 73.1 Å². The molecule has 1 aliphatic rings. The van der Waals surface area contributed by atoms with E-state index >= 15 is 0 Å². The van der Waals surface area contributed by atoms with Gasteiger partial charge in [0.15, 0.2) is 4.32 Å². The van der Waals surface area contributed by atoms with Gasteiger partial charge < -0.3 is 0 Å². The van der Waals surface area contributed by atoms with Gasteiger partial charge in [-0.2, -0.15) is 0 Å². The number of anilines is 1. The summed E-state index contributed by atoms with van der Waals surface area (Å²) in [5.41, 5.74) is 0.935. The van der Waals surface area contributed by atoms with Gasteiger partial charge in [-0.15, -0.1) is 0 Å². The molecular weight excluding hydrogens is 403 g/mol. The molecule has 1 heterocycles. The second kappa shape index (κ2) is 7.13. The van der Waals surface area contributed by atoms with E-state index in [0.717, 1.165) is 11.8 Å². The van der Waals surface area contributed by atoms with Gasteiger partial charge in [0.05, 0.1) is 15.5 Å². The Hall–Kier alpha value is -1.93. The number of rotatable bonds is 3. The zero-order chi connectivity index (χ0) is 18.1. The van der Waals surface area contributed by atoms with Crippen LogP contribution in [0.25, 0.3) is 6.08 Å². The van der Waals surface area contributed by atoms with Crippen molar-refractivity contribution in [3.63, 3.8) is 0 Å². The van der Waals surface area contributed by atoms with E-state index in [1.54, 1.807) is 24.3 Å². The molecule has 1 aliphatic heterocycles. The lowest BCUT2D eigenvalue weighted by Crippen LogP contribution is -2.27. The number of hydrogen-bond acceptors (Lipinski definition) is 5. The minimum absolute atomic E-state index is 0.0624. The molecule has 2 aromatic carbocycles. The fourth-order valence-corrected chi connectivity index (χ4v) is 3.98. The number of amides is 1. The molecule has 1 saturated heterocycles. The fourth-order valence-electron chi connectivity index (χ4n) is 2.19. The highest BCUT2D eigenvalue weighted by atomic mass is 35.5. The molecule has 5 nitrogen and oxygen atoms in total. The first-order valence-electron chi connectivity index (χ1n) is 6.85. The maximum absolute atomic E-state index is 12.7. The summed E-state index contributed by atoms with van der Waals surface area (Å²) in [7, 11) is 0. The van der Waals surface area contributed by atoms with Crippen molar-refractivity contribution in [2.75, 3.05) is 4.90 Å². The minimum Gasteiger partial charge on any atom is -0.268 e. The van der Waals surface area contributed by atoms with Crippen LogP contribution < -0.4 is 4.90 Å². The summed E-state index contributed by atoms with van der Waals surface area (Å²) in [4.78, 5) is 24.6. The molecule has 0 spiro atoms. The third-order valence-corrected chi connectivity index (χ3v) is 5.35. The number of carbonyl (C=O) groups is 1. The van der Waals surface area contributed by atoms with E-state index in [9.17, 15) is 14.9 Å². The number of nitro groups is 1. The quantitative estimate of drug-likeness (QED) is 0.297. The molecule has 1 amide bonds. The lowest BCUT2D eigenvalue weighted by atomic mass is 10.2. The molecule has 0 aliphatic carbocycles. The molecule has 1 fully saturated rings. The summed E-state index contributed by atoms with van der Waals surface area (Å²) in [6, 6.07) is 10.7. The Morgan fingerprint density at radius 2 is 1.72 bits per heavy atom. The highest BCUT2D eigenvalue weighted by Crippen LogP contribution is 2.38. The molecule has 9 heteroatoms. The number of halogens is 2. The molecule has 0 radical (unpaired) electrons. The number of nitrogens with zero attached hydrogens (tertiary/aromatic N) is 2. The second-order valence-corrected chi connectivity index (χ2v) is 7.42. The summed E-state index contributed by atoms with van der Waals surface area (Å²) in [6.45, 7) is 0. The zero-order valence-electron chi connectivity index (χ0n) is 12.3. The number of hydrogen-bond donors (Lipinski definition) is 0. The number of carbonyl (C=O) groups excluding carboxylic acids is 1. The van der Waals surface area contributed by atoms with E-state index in [0.29, 0.717) is 30.5 Å². The maximum Gasteiger partial charge on any atom is 0.270 e. The van der Waals surface area contributed by atoms with Crippen molar-refractivity contribution >= 4 is 74.9 Å². The van der Waals surface area contributed by atoms with Crippen molar-refractivity contribution < 1.29 is 9.72 Å². The summed E-state index contributed by atoms with van der Waals surface area (Å²) in [5, 5.41) is 11.6. The maximum atomic E-state index is 12.7. The van der Waals surface area contributed by atoms with Crippen molar-refractivity contribution in [2.24, 2.45) is 0 Å². The molecule has 0 atom stereocenters.